The van der Waals surface area contributed by atoms with Crippen LogP contribution in [0.15, 0.2) is 29.4 Å². The monoisotopic (exact) mass is 154 g/mol. The molecule has 3 heteroatoms. The van der Waals surface area contributed by atoms with Crippen LogP contribution in [0.1, 0.15) is 0 Å². The lowest BCUT2D eigenvalue weighted by Crippen LogP contribution is -1.95. The SMILES string of the molecule is C=S(NC)c1cccnc1. The smallest absolute Gasteiger partial charge is 0.0411 e. The van der Waals surface area contributed by atoms with Gasteiger partial charge < -0.3 is 0 Å². The van der Waals surface area contributed by atoms with Crippen molar-refractivity contribution in [3.05, 3.63) is 24.5 Å². The molecule has 0 amide bonds. The van der Waals surface area contributed by atoms with Gasteiger partial charge in [-0.1, -0.05) is 16.5 Å². The number of nitrogens with one attached hydrogen (secondary N) is 1. The van der Waals surface area contributed by atoms with Crippen molar-refractivity contribution >= 4 is 16.5 Å². The fraction of sp³-hybridized carbons (Fsp3) is 0.143. The summed E-state index contributed by atoms with van der Waals surface area (Å²) in [6.45, 7) is 0. The van der Waals surface area contributed by atoms with E-state index < -0.39 is 0 Å². The van der Waals surface area contributed by atoms with Crippen molar-refractivity contribution in [1.82, 2.24) is 9.71 Å². The zero-order chi connectivity index (χ0) is 7.40. The molecule has 1 unspecified atom stereocenters. The highest BCUT2D eigenvalue weighted by molar-refractivity contribution is 8.12. The van der Waals surface area contributed by atoms with E-state index in [1.807, 2.05) is 25.4 Å². The molecule has 0 aliphatic rings. The molecule has 2 nitrogen and oxygen atoms in total. The molecule has 0 fully saturated rings. The molecule has 1 heterocycles. The van der Waals surface area contributed by atoms with E-state index in [1.165, 1.54) is 0 Å². The summed E-state index contributed by atoms with van der Waals surface area (Å²) in [6.07, 6.45) is 3.59. The van der Waals surface area contributed by atoms with Gasteiger partial charge in [0.05, 0.1) is 0 Å². The highest BCUT2D eigenvalue weighted by atomic mass is 32.2. The van der Waals surface area contributed by atoms with E-state index in [1.54, 1.807) is 6.20 Å². The molecular formula is C7H10N2S. The first-order valence-electron chi connectivity index (χ1n) is 2.96. The summed E-state index contributed by atoms with van der Waals surface area (Å²) < 4.78 is 3.06. The fourth-order valence-electron chi connectivity index (χ4n) is 0.611. The highest BCUT2D eigenvalue weighted by Gasteiger charge is 1.90. The van der Waals surface area contributed by atoms with Crippen molar-refractivity contribution in [3.8, 4) is 0 Å². The van der Waals surface area contributed by atoms with Gasteiger partial charge in [-0.15, -0.1) is 0 Å². The summed E-state index contributed by atoms with van der Waals surface area (Å²) in [6, 6.07) is 3.93. The van der Waals surface area contributed by atoms with Crippen molar-refractivity contribution in [2.75, 3.05) is 7.05 Å². The molecule has 54 valence electrons. The van der Waals surface area contributed by atoms with Crippen molar-refractivity contribution in [2.45, 2.75) is 4.90 Å². The summed E-state index contributed by atoms with van der Waals surface area (Å²) in [5.41, 5.74) is 0. The van der Waals surface area contributed by atoms with Crippen LogP contribution < -0.4 is 4.72 Å². The molecule has 10 heavy (non-hydrogen) atoms. The van der Waals surface area contributed by atoms with Crippen molar-refractivity contribution < 1.29 is 0 Å². The Kier molecular flexibility index (Phi) is 2.59. The third-order valence-electron chi connectivity index (χ3n) is 1.17. The molecule has 0 aliphatic carbocycles. The molecule has 1 N–H and O–H groups in total. The normalized spacial score (nSPS) is 12.9. The number of rotatable bonds is 2. The van der Waals surface area contributed by atoms with Gasteiger partial charge in [0.15, 0.2) is 0 Å². The van der Waals surface area contributed by atoms with Gasteiger partial charge in [0, 0.05) is 17.3 Å². The molecule has 0 saturated heterocycles. The maximum Gasteiger partial charge on any atom is 0.0411 e. The Morgan fingerprint density at radius 2 is 2.50 bits per heavy atom. The van der Waals surface area contributed by atoms with Crippen LogP contribution in [-0.2, 0) is 0 Å². The molecule has 0 radical (unpaired) electrons. The van der Waals surface area contributed by atoms with E-state index in [0.29, 0.717) is 0 Å². The zero-order valence-corrected chi connectivity index (χ0v) is 6.69. The zero-order valence-electron chi connectivity index (χ0n) is 5.87. The minimum Gasteiger partial charge on any atom is -0.269 e. The highest BCUT2D eigenvalue weighted by Crippen LogP contribution is 2.16. The molecule has 0 aliphatic heterocycles. The summed E-state index contributed by atoms with van der Waals surface area (Å²) in [7, 11) is 1.79. The minimum absolute atomic E-state index is 0.103. The summed E-state index contributed by atoms with van der Waals surface area (Å²) in [5.74, 6) is 3.90. The van der Waals surface area contributed by atoms with Gasteiger partial charge in [0.1, 0.15) is 0 Å². The standard InChI is InChI=1S/C7H10N2S/c1-8-10(2)7-4-3-5-9-6-7/h3-6,8H,2H2,1H3. The lowest BCUT2D eigenvalue weighted by atomic mass is 10.5. The van der Waals surface area contributed by atoms with Crippen molar-refractivity contribution in [2.24, 2.45) is 0 Å². The first-order chi connectivity index (χ1) is 4.84. The predicted octanol–water partition coefficient (Wildman–Crippen LogP) is 1.28. The summed E-state index contributed by atoms with van der Waals surface area (Å²) in [4.78, 5) is 5.12. The van der Waals surface area contributed by atoms with E-state index >= 15 is 0 Å². The van der Waals surface area contributed by atoms with E-state index in [9.17, 15) is 0 Å². The van der Waals surface area contributed by atoms with E-state index in [2.05, 4.69) is 15.6 Å². The molecule has 1 aromatic heterocycles. The second kappa shape index (κ2) is 3.49. The maximum atomic E-state index is 3.98. The van der Waals surface area contributed by atoms with Gasteiger partial charge in [-0.2, -0.15) is 0 Å². The van der Waals surface area contributed by atoms with Crippen LogP contribution >= 0.6 is 10.7 Å². The number of nitrogens with zero attached hydrogens (tertiary/aromatic N) is 1. The molecule has 0 spiro atoms. The van der Waals surface area contributed by atoms with Gasteiger partial charge in [-0.05, 0) is 19.2 Å². The van der Waals surface area contributed by atoms with Gasteiger partial charge in [-0.25, -0.2) is 0 Å². The first kappa shape index (κ1) is 7.44. The lowest BCUT2D eigenvalue weighted by Gasteiger charge is -2.02. The van der Waals surface area contributed by atoms with Gasteiger partial charge >= 0.3 is 0 Å². The molecule has 0 saturated carbocycles. The molecule has 0 bridgehead atoms. The third-order valence-corrected chi connectivity index (χ3v) is 2.47. The van der Waals surface area contributed by atoms with E-state index in [0.717, 1.165) is 4.90 Å². The fourth-order valence-corrected chi connectivity index (χ4v) is 1.28. The second-order valence-corrected chi connectivity index (χ2v) is 3.44. The van der Waals surface area contributed by atoms with Crippen LogP contribution in [0, 0.1) is 0 Å². The molecular weight excluding hydrogens is 144 g/mol. The molecule has 1 rings (SSSR count). The van der Waals surface area contributed by atoms with Crippen LogP contribution in [0.4, 0.5) is 0 Å². The van der Waals surface area contributed by atoms with Crippen LogP contribution in [-0.4, -0.2) is 17.9 Å². The Hall–Kier alpha value is -0.670. The maximum absolute atomic E-state index is 3.98. The Morgan fingerprint density at radius 1 is 1.70 bits per heavy atom. The Bertz CT molecular complexity index is 220. The van der Waals surface area contributed by atoms with Crippen LogP contribution in [0.25, 0.3) is 0 Å². The van der Waals surface area contributed by atoms with Gasteiger partial charge in [-0.3, -0.25) is 9.71 Å². The third kappa shape index (κ3) is 1.65. The van der Waals surface area contributed by atoms with Gasteiger partial charge in [0.25, 0.3) is 0 Å². The average molecular weight is 154 g/mol. The Labute approximate surface area is 63.4 Å². The average Bonchev–Trinajstić information content (AvgIpc) is 2.05. The molecule has 1 aromatic rings. The number of pyridine rings is 1. The number of hydrogen-bond donors (Lipinski definition) is 1. The topological polar surface area (TPSA) is 24.9 Å². The number of hydrogen-bond acceptors (Lipinski definition) is 2. The second-order valence-electron chi connectivity index (χ2n) is 1.78. The summed E-state index contributed by atoms with van der Waals surface area (Å²) >= 11 is 0. The number of aromatic nitrogens is 1. The molecule has 0 aromatic carbocycles. The van der Waals surface area contributed by atoms with Crippen LogP contribution in [0.2, 0.25) is 0 Å². The van der Waals surface area contributed by atoms with Crippen LogP contribution in [0.5, 0.6) is 0 Å². The lowest BCUT2D eigenvalue weighted by molar-refractivity contribution is 1.21. The predicted molar refractivity (Wildman–Crippen MR) is 46.3 cm³/mol. The summed E-state index contributed by atoms with van der Waals surface area (Å²) in [5, 5.41) is 0. The minimum atomic E-state index is -0.103. The Balaban J connectivity index is 2.85. The Morgan fingerprint density at radius 3 is 3.00 bits per heavy atom. The van der Waals surface area contributed by atoms with Crippen molar-refractivity contribution in [3.63, 3.8) is 0 Å². The largest absolute Gasteiger partial charge is 0.269 e. The first-order valence-corrected chi connectivity index (χ1v) is 4.35. The van der Waals surface area contributed by atoms with E-state index in [4.69, 9.17) is 0 Å². The van der Waals surface area contributed by atoms with Gasteiger partial charge in [0.2, 0.25) is 0 Å². The molecule has 1 atom stereocenters. The van der Waals surface area contributed by atoms with E-state index in [-0.39, 0.29) is 10.7 Å². The van der Waals surface area contributed by atoms with Crippen LogP contribution in [0.3, 0.4) is 0 Å². The van der Waals surface area contributed by atoms with Crippen molar-refractivity contribution in [1.29, 1.82) is 0 Å². The quantitative estimate of drug-likeness (QED) is 0.649.